The Labute approximate surface area is 171 Å². The summed E-state index contributed by atoms with van der Waals surface area (Å²) in [5.74, 6) is 0.534. The minimum atomic E-state index is -0.986. The third kappa shape index (κ3) is 4.67. The number of halogens is 1. The molecule has 1 fully saturated rings. The predicted octanol–water partition coefficient (Wildman–Crippen LogP) is 3.86. The molecule has 152 valence electrons. The molecule has 7 heteroatoms. The summed E-state index contributed by atoms with van der Waals surface area (Å²) < 4.78 is 7.57. The average Bonchev–Trinajstić information content (AvgIpc) is 3.07. The number of aromatic nitrogens is 2. The molecular formula is C21H28ClN3O3. The summed E-state index contributed by atoms with van der Waals surface area (Å²) >= 11 is 6.19. The summed E-state index contributed by atoms with van der Waals surface area (Å²) in [6.45, 7) is 7.20. The van der Waals surface area contributed by atoms with E-state index in [9.17, 15) is 9.90 Å². The van der Waals surface area contributed by atoms with Crippen LogP contribution < -0.4 is 4.74 Å². The second kappa shape index (κ2) is 8.53. The van der Waals surface area contributed by atoms with E-state index in [4.69, 9.17) is 16.3 Å². The number of likely N-dealkylation sites (tertiary alicyclic amines) is 1. The molecular weight excluding hydrogens is 378 g/mol. The molecule has 1 aliphatic heterocycles. The number of benzene rings is 1. The lowest BCUT2D eigenvalue weighted by Crippen LogP contribution is -2.38. The molecule has 1 aromatic heterocycles. The van der Waals surface area contributed by atoms with Crippen molar-refractivity contribution in [2.75, 3.05) is 19.7 Å². The first-order chi connectivity index (χ1) is 13.3. The highest BCUT2D eigenvalue weighted by Crippen LogP contribution is 2.29. The Hall–Kier alpha value is -2.05. The number of amides is 1. The molecule has 1 aromatic carbocycles. The van der Waals surface area contributed by atoms with Gasteiger partial charge in [-0.05, 0) is 63.8 Å². The van der Waals surface area contributed by atoms with Gasteiger partial charge in [-0.3, -0.25) is 9.48 Å². The van der Waals surface area contributed by atoms with Crippen LogP contribution in [0.2, 0.25) is 5.02 Å². The first-order valence-electron chi connectivity index (χ1n) is 9.73. The highest BCUT2D eigenvalue weighted by Gasteiger charge is 2.33. The first-order valence-corrected chi connectivity index (χ1v) is 10.1. The van der Waals surface area contributed by atoms with E-state index < -0.39 is 5.60 Å². The number of rotatable bonds is 5. The second-order valence-corrected chi connectivity index (χ2v) is 8.25. The lowest BCUT2D eigenvalue weighted by molar-refractivity contribution is -0.0163. The van der Waals surface area contributed by atoms with E-state index in [1.54, 1.807) is 27.9 Å². The Morgan fingerprint density at radius 2 is 2.11 bits per heavy atom. The predicted molar refractivity (Wildman–Crippen MR) is 109 cm³/mol. The quantitative estimate of drug-likeness (QED) is 0.820. The van der Waals surface area contributed by atoms with Gasteiger partial charge in [-0.2, -0.15) is 5.10 Å². The van der Waals surface area contributed by atoms with Crippen LogP contribution >= 0.6 is 11.6 Å². The van der Waals surface area contributed by atoms with E-state index in [0.29, 0.717) is 48.8 Å². The zero-order chi connectivity index (χ0) is 20.3. The minimum absolute atomic E-state index is 0.0434. The van der Waals surface area contributed by atoms with Gasteiger partial charge >= 0.3 is 0 Å². The second-order valence-electron chi connectivity index (χ2n) is 7.85. The molecule has 1 amide bonds. The number of carbonyl (C=O) groups excluding carboxylic acids is 1. The Kier molecular flexibility index (Phi) is 6.30. The van der Waals surface area contributed by atoms with Gasteiger partial charge < -0.3 is 14.7 Å². The standard InChI is InChI=1S/C21H28ClN3O3/c1-15(2)25-18(7-10-23-25)20(26)24-11-4-8-21(27,9-12-24)14-28-19-13-16(3)5-6-17(19)22/h5-7,10,13,15,27H,4,8-9,11-12,14H2,1-3H3. The largest absolute Gasteiger partial charge is 0.489 e. The minimum Gasteiger partial charge on any atom is -0.489 e. The van der Waals surface area contributed by atoms with Gasteiger partial charge in [-0.25, -0.2) is 0 Å². The molecule has 6 nitrogen and oxygen atoms in total. The maximum Gasteiger partial charge on any atom is 0.272 e. The molecule has 1 N–H and O–H groups in total. The third-order valence-electron chi connectivity index (χ3n) is 5.17. The monoisotopic (exact) mass is 405 g/mol. The SMILES string of the molecule is Cc1ccc(Cl)c(OCC2(O)CCCN(C(=O)c3ccnn3C(C)C)CC2)c1. The molecule has 1 unspecified atom stereocenters. The highest BCUT2D eigenvalue weighted by molar-refractivity contribution is 6.32. The molecule has 0 bridgehead atoms. The molecule has 0 spiro atoms. The zero-order valence-electron chi connectivity index (χ0n) is 16.7. The molecule has 2 heterocycles. The van der Waals surface area contributed by atoms with Crippen LogP contribution in [0.4, 0.5) is 0 Å². The zero-order valence-corrected chi connectivity index (χ0v) is 17.4. The smallest absolute Gasteiger partial charge is 0.272 e. The van der Waals surface area contributed by atoms with Crippen LogP contribution in [0.15, 0.2) is 30.5 Å². The van der Waals surface area contributed by atoms with E-state index in [1.807, 2.05) is 32.9 Å². The van der Waals surface area contributed by atoms with Gasteiger partial charge in [-0.1, -0.05) is 17.7 Å². The highest BCUT2D eigenvalue weighted by atomic mass is 35.5. The van der Waals surface area contributed by atoms with Crippen molar-refractivity contribution in [3.63, 3.8) is 0 Å². The van der Waals surface area contributed by atoms with E-state index in [1.165, 1.54) is 0 Å². The van der Waals surface area contributed by atoms with Gasteiger partial charge in [0, 0.05) is 25.3 Å². The van der Waals surface area contributed by atoms with Gasteiger partial charge in [0.1, 0.15) is 23.7 Å². The molecule has 0 radical (unpaired) electrons. The topological polar surface area (TPSA) is 67.6 Å². The normalized spacial score (nSPS) is 20.3. The lowest BCUT2D eigenvalue weighted by Gasteiger charge is -2.27. The van der Waals surface area contributed by atoms with Crippen LogP contribution in [0, 0.1) is 6.92 Å². The molecule has 0 aliphatic carbocycles. The summed E-state index contributed by atoms with van der Waals surface area (Å²) in [7, 11) is 0. The Balaban J connectivity index is 1.64. The average molecular weight is 406 g/mol. The van der Waals surface area contributed by atoms with Crippen LogP contribution in [0.5, 0.6) is 5.75 Å². The summed E-state index contributed by atoms with van der Waals surface area (Å²) in [4.78, 5) is 14.7. The van der Waals surface area contributed by atoms with Gasteiger partial charge in [0.2, 0.25) is 0 Å². The molecule has 28 heavy (non-hydrogen) atoms. The van der Waals surface area contributed by atoms with Crippen molar-refractivity contribution in [3.8, 4) is 5.75 Å². The maximum absolute atomic E-state index is 12.9. The van der Waals surface area contributed by atoms with E-state index in [-0.39, 0.29) is 18.6 Å². The van der Waals surface area contributed by atoms with Crippen LogP contribution in [-0.2, 0) is 0 Å². The van der Waals surface area contributed by atoms with E-state index >= 15 is 0 Å². The number of aryl methyl sites for hydroxylation is 1. The van der Waals surface area contributed by atoms with E-state index in [0.717, 1.165) is 5.56 Å². The summed E-state index contributed by atoms with van der Waals surface area (Å²) in [5, 5.41) is 15.8. The van der Waals surface area contributed by atoms with E-state index in [2.05, 4.69) is 5.10 Å². The Morgan fingerprint density at radius 3 is 2.86 bits per heavy atom. The van der Waals surface area contributed by atoms with Gasteiger partial charge in [0.15, 0.2) is 0 Å². The van der Waals surface area contributed by atoms with Crippen LogP contribution in [0.25, 0.3) is 0 Å². The number of ether oxygens (including phenoxy) is 1. The summed E-state index contributed by atoms with van der Waals surface area (Å²) in [6, 6.07) is 7.45. The first kappa shape index (κ1) is 20.7. The van der Waals surface area contributed by atoms with Crippen LogP contribution in [0.3, 0.4) is 0 Å². The van der Waals surface area contributed by atoms with Crippen molar-refractivity contribution in [3.05, 3.63) is 46.7 Å². The van der Waals surface area contributed by atoms with Crippen molar-refractivity contribution in [2.45, 2.75) is 51.7 Å². The Bertz CT molecular complexity index is 836. The van der Waals surface area contributed by atoms with Crippen molar-refractivity contribution in [1.29, 1.82) is 0 Å². The number of aliphatic hydroxyl groups is 1. The molecule has 0 saturated carbocycles. The van der Waals surface area contributed by atoms with Crippen molar-refractivity contribution >= 4 is 17.5 Å². The number of hydrogen-bond acceptors (Lipinski definition) is 4. The van der Waals surface area contributed by atoms with Gasteiger partial charge in [0.05, 0.1) is 5.02 Å². The molecule has 1 saturated heterocycles. The van der Waals surface area contributed by atoms with Crippen molar-refractivity contribution in [1.82, 2.24) is 14.7 Å². The number of hydrogen-bond donors (Lipinski definition) is 1. The fourth-order valence-electron chi connectivity index (χ4n) is 3.52. The third-order valence-corrected chi connectivity index (χ3v) is 5.48. The molecule has 1 aliphatic rings. The van der Waals surface area contributed by atoms with Crippen molar-refractivity contribution < 1.29 is 14.6 Å². The number of nitrogens with zero attached hydrogens (tertiary/aromatic N) is 3. The van der Waals surface area contributed by atoms with Crippen LogP contribution in [0.1, 0.15) is 55.2 Å². The Morgan fingerprint density at radius 1 is 1.32 bits per heavy atom. The van der Waals surface area contributed by atoms with Gasteiger partial charge in [0.25, 0.3) is 5.91 Å². The van der Waals surface area contributed by atoms with Gasteiger partial charge in [-0.15, -0.1) is 0 Å². The maximum atomic E-state index is 12.9. The fraction of sp³-hybridized carbons (Fsp3) is 0.524. The molecule has 1 atom stereocenters. The van der Waals surface area contributed by atoms with Crippen molar-refractivity contribution in [2.24, 2.45) is 0 Å². The molecule has 3 rings (SSSR count). The summed E-state index contributed by atoms with van der Waals surface area (Å²) in [6.07, 6.45) is 3.39. The van der Waals surface area contributed by atoms with Crippen LogP contribution in [-0.4, -0.2) is 51.0 Å². The number of carbonyl (C=O) groups is 1. The lowest BCUT2D eigenvalue weighted by atomic mass is 9.96. The molecule has 2 aromatic rings. The summed E-state index contributed by atoms with van der Waals surface area (Å²) in [5.41, 5.74) is 0.648. The fourth-order valence-corrected chi connectivity index (χ4v) is 3.69.